The van der Waals surface area contributed by atoms with Crippen LogP contribution in [-0.4, -0.2) is 78.9 Å². The SMILES string of the molecule is C.C.CC1(C)OB(c2cnc(N)cn2)OC1(C)C.COc1cc2c(cc1-c1cnc(N)cn1)CCC2.COc1cc2c(cc1-c1cnc(NC(=O)c3c(F)cccc3F)cn1)CCC2.Cc1cc2c(cc1Br)CCC2.ClCCl.O=C(Cl)c1c(F)cccc1F. The van der Waals surface area contributed by atoms with Gasteiger partial charge in [-0.2, -0.15) is 0 Å². The number of nitrogens with one attached hydrogen (secondary N) is 1. The minimum Gasteiger partial charge on any atom is -0.496 e. The van der Waals surface area contributed by atoms with Gasteiger partial charge in [0.1, 0.15) is 57.5 Å². The summed E-state index contributed by atoms with van der Waals surface area (Å²) in [5.74, 6) is -2.21. The van der Waals surface area contributed by atoms with E-state index in [-0.39, 0.29) is 37.2 Å². The molecule has 5 N–H and O–H groups in total. The number of aromatic nitrogens is 6. The molecule has 0 spiro atoms. The van der Waals surface area contributed by atoms with Gasteiger partial charge < -0.3 is 35.6 Å². The molecule has 1 aliphatic heterocycles. The van der Waals surface area contributed by atoms with Gasteiger partial charge in [-0.25, -0.2) is 32.5 Å². The van der Waals surface area contributed by atoms with Gasteiger partial charge in [0.2, 0.25) is 0 Å². The molecule has 1 fully saturated rings. The number of halogens is 8. The number of nitrogens with two attached hydrogens (primary N) is 2. The monoisotopic (exact) mass is 1350 g/mol. The third kappa shape index (κ3) is 18.7. The molecular formula is C65H72BBrCl3F4N9O6. The number of ether oxygens (including phenoxy) is 2. The zero-order valence-electron chi connectivity index (χ0n) is 48.9. The first-order chi connectivity index (χ1) is 41.5. The highest BCUT2D eigenvalue weighted by Gasteiger charge is 2.52. The molecule has 0 bridgehead atoms. The molecule has 89 heavy (non-hydrogen) atoms. The lowest BCUT2D eigenvalue weighted by Gasteiger charge is -2.32. The van der Waals surface area contributed by atoms with Gasteiger partial charge in [-0.3, -0.25) is 24.5 Å². The van der Waals surface area contributed by atoms with Crippen molar-refractivity contribution in [2.75, 3.05) is 36.3 Å². The van der Waals surface area contributed by atoms with Gasteiger partial charge in [-0.15, -0.1) is 23.2 Å². The normalized spacial score (nSPS) is 13.9. The molecule has 12 rings (SSSR count). The van der Waals surface area contributed by atoms with Crippen LogP contribution >= 0.6 is 50.7 Å². The van der Waals surface area contributed by atoms with Crippen molar-refractivity contribution >= 4 is 92.0 Å². The van der Waals surface area contributed by atoms with Crippen molar-refractivity contribution in [3.05, 3.63) is 188 Å². The highest BCUT2D eigenvalue weighted by atomic mass is 79.9. The Balaban J connectivity index is 0.000000208. The lowest BCUT2D eigenvalue weighted by molar-refractivity contribution is 0.00578. The Kier molecular flexibility index (Phi) is 26.9. The summed E-state index contributed by atoms with van der Waals surface area (Å²) in [6.45, 7) is 10.1. The molecule has 3 aliphatic carbocycles. The van der Waals surface area contributed by atoms with Crippen LogP contribution in [0.2, 0.25) is 0 Å². The molecule has 1 saturated heterocycles. The number of carbonyl (C=O) groups excluding carboxylic acids is 2. The fourth-order valence-corrected chi connectivity index (χ4v) is 10.3. The van der Waals surface area contributed by atoms with Gasteiger partial charge in [-0.1, -0.05) is 49.0 Å². The zero-order valence-corrected chi connectivity index (χ0v) is 52.7. The van der Waals surface area contributed by atoms with Gasteiger partial charge in [0.05, 0.1) is 78.7 Å². The van der Waals surface area contributed by atoms with Crippen LogP contribution in [0.3, 0.4) is 0 Å². The molecular weight excluding hydrogens is 1280 g/mol. The molecule has 0 saturated carbocycles. The molecule has 3 aromatic heterocycles. The fourth-order valence-electron chi connectivity index (χ4n) is 9.68. The van der Waals surface area contributed by atoms with Crippen LogP contribution in [-0.2, 0) is 47.8 Å². The quantitative estimate of drug-likeness (QED) is 0.0559. The fraction of sp³-hybridized carbons (Fsp3) is 0.323. The molecule has 24 heteroatoms. The third-order valence-corrected chi connectivity index (χ3v) is 15.9. The number of carbonyl (C=O) groups is 2. The van der Waals surface area contributed by atoms with E-state index in [4.69, 9.17) is 65.1 Å². The number of hydrogen-bond donors (Lipinski definition) is 3. The number of methoxy groups -OCH3 is 2. The Hall–Kier alpha value is -7.27. The smallest absolute Gasteiger partial charge is 0.496 e. The summed E-state index contributed by atoms with van der Waals surface area (Å²) in [6, 6.07) is 19.3. The average molecular weight is 1350 g/mol. The minimum atomic E-state index is -1.12. The van der Waals surface area contributed by atoms with Crippen molar-refractivity contribution < 1.29 is 45.9 Å². The largest absolute Gasteiger partial charge is 0.516 e. The van der Waals surface area contributed by atoms with E-state index in [1.54, 1.807) is 43.9 Å². The first-order valence-corrected chi connectivity index (χ1v) is 29.7. The van der Waals surface area contributed by atoms with Gasteiger partial charge in [0, 0.05) is 21.8 Å². The van der Waals surface area contributed by atoms with E-state index in [0.717, 1.165) is 85.0 Å². The Morgan fingerprint density at radius 3 is 1.37 bits per heavy atom. The van der Waals surface area contributed by atoms with Crippen LogP contribution < -0.4 is 31.9 Å². The second-order valence-corrected chi connectivity index (χ2v) is 23.2. The molecule has 4 aliphatic rings. The highest BCUT2D eigenvalue weighted by molar-refractivity contribution is 9.10. The summed E-state index contributed by atoms with van der Waals surface area (Å²) >= 11 is 18.0. The van der Waals surface area contributed by atoms with E-state index in [2.05, 4.69) is 88.4 Å². The van der Waals surface area contributed by atoms with Crippen molar-refractivity contribution in [3.8, 4) is 34.0 Å². The second-order valence-electron chi connectivity index (χ2n) is 21.2. The lowest BCUT2D eigenvalue weighted by atomic mass is 9.85. The number of anilines is 3. The van der Waals surface area contributed by atoms with E-state index in [9.17, 15) is 27.2 Å². The lowest BCUT2D eigenvalue weighted by Crippen LogP contribution is -2.41. The summed E-state index contributed by atoms with van der Waals surface area (Å²) < 4.78 is 76.4. The van der Waals surface area contributed by atoms with Crippen LogP contribution in [0.5, 0.6) is 11.5 Å². The van der Waals surface area contributed by atoms with Crippen LogP contribution in [0.1, 0.15) is 121 Å². The molecule has 4 heterocycles. The summed E-state index contributed by atoms with van der Waals surface area (Å²) in [5, 5.41) is 1.44. The summed E-state index contributed by atoms with van der Waals surface area (Å²) in [4.78, 5) is 47.5. The average Bonchev–Trinajstić information content (AvgIpc) is 4.40. The van der Waals surface area contributed by atoms with E-state index >= 15 is 0 Å². The minimum absolute atomic E-state index is 0. The van der Waals surface area contributed by atoms with E-state index in [1.807, 2.05) is 33.8 Å². The number of nitrogens with zero attached hydrogens (tertiary/aromatic N) is 6. The third-order valence-electron chi connectivity index (χ3n) is 14.9. The van der Waals surface area contributed by atoms with Gasteiger partial charge in [0.25, 0.3) is 11.1 Å². The first kappa shape index (κ1) is 72.5. The number of fused-ring (bicyclic) bond motifs is 3. The summed E-state index contributed by atoms with van der Waals surface area (Å²) in [6.07, 6.45) is 19.7. The van der Waals surface area contributed by atoms with E-state index < -0.39 is 52.7 Å². The number of aryl methyl sites for hydroxylation is 7. The van der Waals surface area contributed by atoms with Crippen LogP contribution in [0.15, 0.2) is 114 Å². The van der Waals surface area contributed by atoms with Crippen LogP contribution in [0.25, 0.3) is 22.5 Å². The zero-order chi connectivity index (χ0) is 63.2. The molecule has 5 aromatic carbocycles. The number of benzene rings is 5. The molecule has 0 unspecified atom stereocenters. The van der Waals surface area contributed by atoms with Crippen LogP contribution in [0.4, 0.5) is 35.0 Å². The van der Waals surface area contributed by atoms with Crippen molar-refractivity contribution in [1.82, 2.24) is 29.9 Å². The van der Waals surface area contributed by atoms with Crippen LogP contribution in [0, 0.1) is 30.2 Å². The molecule has 15 nitrogen and oxygen atoms in total. The number of rotatable bonds is 8. The second kappa shape index (κ2) is 33.0. The number of hydrogen-bond acceptors (Lipinski definition) is 14. The maximum atomic E-state index is 13.7. The van der Waals surface area contributed by atoms with Crippen molar-refractivity contribution in [2.24, 2.45) is 0 Å². The molecule has 8 aromatic rings. The van der Waals surface area contributed by atoms with E-state index in [0.29, 0.717) is 28.7 Å². The standard InChI is InChI=1S/C21H17F2N3O2.C14H15N3O.C10H16BN3O2.C10H11Br.C7H3ClF2O.CH2Cl2.2CH4/c1-28-18-9-13-5-2-4-12(13)8-14(18)17-10-25-19(11-24-17)26-21(27)20-15(22)6-3-7-16(20)23;1-18-13-6-10-4-2-3-9(10)5-11(13)12-7-17-14(15)8-16-12;1-9(2)10(3,4)16-11(15-9)7-5-14-8(12)6-13-7;1-7-5-8-3-2-4-9(8)6-10(7)11;8-7(11)6-4(9)2-1-3-5(6)10;2-1-3;;/h3,6-11H,2,4-5H2,1H3,(H,25,26,27);5-8H,2-4H2,1H3,(H2,15,17);5-6H,1-4H3,(H2,12,14);5-6H,2-4H2,1H3;1-3H;1H2;2*1H4. The molecule has 472 valence electrons. The Morgan fingerprint density at radius 2 is 0.989 bits per heavy atom. The summed E-state index contributed by atoms with van der Waals surface area (Å²) in [5.41, 5.74) is 22.6. The number of alkyl halides is 2. The van der Waals surface area contributed by atoms with Gasteiger partial charge in [0.15, 0.2) is 5.82 Å². The Morgan fingerprint density at radius 1 is 0.596 bits per heavy atom. The van der Waals surface area contributed by atoms with Gasteiger partial charge in [-0.05, 0) is 198 Å². The summed E-state index contributed by atoms with van der Waals surface area (Å²) in [7, 11) is 2.81. The first-order valence-electron chi connectivity index (χ1n) is 27.5. The Bertz CT molecular complexity index is 3630. The number of amides is 1. The predicted molar refractivity (Wildman–Crippen MR) is 350 cm³/mol. The van der Waals surface area contributed by atoms with Crippen molar-refractivity contribution in [2.45, 2.75) is 118 Å². The van der Waals surface area contributed by atoms with Crippen molar-refractivity contribution in [3.63, 3.8) is 0 Å². The Labute approximate surface area is 541 Å². The van der Waals surface area contributed by atoms with Crippen molar-refractivity contribution in [1.29, 1.82) is 0 Å². The van der Waals surface area contributed by atoms with E-state index in [1.165, 1.54) is 82.6 Å². The maximum absolute atomic E-state index is 13.7. The topological polar surface area (TPSA) is 212 Å². The molecule has 1 amide bonds. The van der Waals surface area contributed by atoms with Gasteiger partial charge >= 0.3 is 7.12 Å². The number of nitrogen functional groups attached to an aromatic ring is 2. The molecule has 0 atom stereocenters. The molecule has 0 radical (unpaired) electrons. The highest BCUT2D eigenvalue weighted by Crippen LogP contribution is 2.38. The predicted octanol–water partition coefficient (Wildman–Crippen LogP) is 15.0. The maximum Gasteiger partial charge on any atom is 0.516 e.